The molecule has 1 saturated carbocycles. The largest absolute Gasteiger partial charge is 0.495 e. The SMILES string of the molecule is CCc1ccc(NC(=O)C2CCC(C(=O)Nc3cc(C)ccc3OC)CC2)cc1. The van der Waals surface area contributed by atoms with Crippen LogP contribution in [0.25, 0.3) is 0 Å². The first-order valence-electron chi connectivity index (χ1n) is 10.4. The number of ether oxygens (including phenoxy) is 1. The van der Waals surface area contributed by atoms with E-state index >= 15 is 0 Å². The second-order valence-corrected chi connectivity index (χ2v) is 7.78. The molecule has 0 bridgehead atoms. The molecule has 0 unspecified atom stereocenters. The summed E-state index contributed by atoms with van der Waals surface area (Å²) in [6.07, 6.45) is 3.86. The molecule has 2 N–H and O–H groups in total. The number of carbonyl (C=O) groups is 2. The highest BCUT2D eigenvalue weighted by molar-refractivity contribution is 5.95. The third-order valence-corrected chi connectivity index (χ3v) is 5.71. The van der Waals surface area contributed by atoms with Crippen molar-refractivity contribution in [2.24, 2.45) is 11.8 Å². The number of aryl methyl sites for hydroxylation is 2. The Hall–Kier alpha value is -2.82. The van der Waals surface area contributed by atoms with E-state index in [0.717, 1.165) is 30.5 Å². The number of anilines is 2. The standard InChI is InChI=1S/C24H30N2O3/c1-4-17-6-12-20(13-7-17)25-23(27)18-8-10-19(11-9-18)24(28)26-21-15-16(2)5-14-22(21)29-3/h5-7,12-15,18-19H,4,8-11H2,1-3H3,(H,25,27)(H,26,28). The summed E-state index contributed by atoms with van der Waals surface area (Å²) >= 11 is 0. The summed E-state index contributed by atoms with van der Waals surface area (Å²) in [7, 11) is 1.60. The highest BCUT2D eigenvalue weighted by Gasteiger charge is 2.30. The minimum absolute atomic E-state index is 0.00270. The van der Waals surface area contributed by atoms with Gasteiger partial charge >= 0.3 is 0 Å². The van der Waals surface area contributed by atoms with Gasteiger partial charge in [0.05, 0.1) is 12.8 Å². The van der Waals surface area contributed by atoms with Crippen LogP contribution < -0.4 is 15.4 Å². The van der Waals surface area contributed by atoms with Crippen molar-refractivity contribution in [2.75, 3.05) is 17.7 Å². The molecule has 0 atom stereocenters. The highest BCUT2D eigenvalue weighted by Crippen LogP contribution is 2.32. The molecule has 5 heteroatoms. The predicted octanol–water partition coefficient (Wildman–Crippen LogP) is 4.95. The number of nitrogens with one attached hydrogen (secondary N) is 2. The third-order valence-electron chi connectivity index (χ3n) is 5.71. The average Bonchev–Trinajstić information content (AvgIpc) is 2.74. The lowest BCUT2D eigenvalue weighted by Crippen LogP contribution is -2.32. The van der Waals surface area contributed by atoms with Crippen molar-refractivity contribution in [1.29, 1.82) is 0 Å². The maximum absolute atomic E-state index is 12.7. The number of rotatable bonds is 6. The van der Waals surface area contributed by atoms with E-state index in [2.05, 4.69) is 17.6 Å². The second-order valence-electron chi connectivity index (χ2n) is 7.78. The van der Waals surface area contributed by atoms with Gasteiger partial charge in [0, 0.05) is 17.5 Å². The maximum atomic E-state index is 12.7. The molecule has 0 aromatic heterocycles. The summed E-state index contributed by atoms with van der Waals surface area (Å²) in [6, 6.07) is 13.7. The van der Waals surface area contributed by atoms with E-state index in [1.165, 1.54) is 5.56 Å². The fourth-order valence-electron chi connectivity index (χ4n) is 3.84. The van der Waals surface area contributed by atoms with Gasteiger partial charge in [-0.1, -0.05) is 25.1 Å². The van der Waals surface area contributed by atoms with E-state index in [-0.39, 0.29) is 23.7 Å². The van der Waals surface area contributed by atoms with Gasteiger partial charge in [0.2, 0.25) is 11.8 Å². The topological polar surface area (TPSA) is 67.4 Å². The number of methoxy groups -OCH3 is 1. The molecule has 2 amide bonds. The van der Waals surface area contributed by atoms with Crippen LogP contribution in [0.15, 0.2) is 42.5 Å². The Kier molecular flexibility index (Phi) is 6.91. The minimum Gasteiger partial charge on any atom is -0.495 e. The zero-order valence-electron chi connectivity index (χ0n) is 17.5. The number of hydrogen-bond acceptors (Lipinski definition) is 3. The van der Waals surface area contributed by atoms with E-state index < -0.39 is 0 Å². The van der Waals surface area contributed by atoms with Gasteiger partial charge in [0.15, 0.2) is 0 Å². The van der Waals surface area contributed by atoms with E-state index in [1.54, 1.807) is 7.11 Å². The molecule has 5 nitrogen and oxygen atoms in total. The van der Waals surface area contributed by atoms with Crippen molar-refractivity contribution in [3.8, 4) is 5.75 Å². The molecule has 1 fully saturated rings. The lowest BCUT2D eigenvalue weighted by Gasteiger charge is -2.27. The quantitative estimate of drug-likeness (QED) is 0.728. The average molecular weight is 395 g/mol. The van der Waals surface area contributed by atoms with Crippen LogP contribution >= 0.6 is 0 Å². The second kappa shape index (κ2) is 9.59. The summed E-state index contributed by atoms with van der Waals surface area (Å²) in [5.74, 6) is 0.592. The van der Waals surface area contributed by atoms with Crippen LogP contribution in [0.5, 0.6) is 5.75 Å². The minimum atomic E-state index is -0.0758. The van der Waals surface area contributed by atoms with Crippen molar-refractivity contribution in [2.45, 2.75) is 46.0 Å². The zero-order valence-corrected chi connectivity index (χ0v) is 17.5. The molecule has 1 aliphatic carbocycles. The molecule has 154 valence electrons. The number of amides is 2. The lowest BCUT2D eigenvalue weighted by molar-refractivity contribution is -0.125. The summed E-state index contributed by atoms with van der Waals surface area (Å²) in [6.45, 7) is 4.09. The van der Waals surface area contributed by atoms with Crippen molar-refractivity contribution < 1.29 is 14.3 Å². The van der Waals surface area contributed by atoms with Gasteiger partial charge in [-0.2, -0.15) is 0 Å². The Bertz CT molecular complexity index is 853. The predicted molar refractivity (Wildman–Crippen MR) is 116 cm³/mol. The fourth-order valence-corrected chi connectivity index (χ4v) is 3.84. The Balaban J connectivity index is 1.52. The number of benzene rings is 2. The zero-order chi connectivity index (χ0) is 20.8. The number of carbonyl (C=O) groups excluding carboxylic acids is 2. The molecule has 0 saturated heterocycles. The Morgan fingerprint density at radius 3 is 2.07 bits per heavy atom. The molecule has 3 rings (SSSR count). The Labute approximate surface area is 172 Å². The number of hydrogen-bond donors (Lipinski definition) is 2. The van der Waals surface area contributed by atoms with Crippen LogP contribution in [0.3, 0.4) is 0 Å². The summed E-state index contributed by atoms with van der Waals surface area (Å²) in [4.78, 5) is 25.3. The van der Waals surface area contributed by atoms with Gasteiger partial charge in [-0.05, 0) is 74.4 Å². The first-order valence-corrected chi connectivity index (χ1v) is 10.4. The van der Waals surface area contributed by atoms with Gasteiger partial charge in [-0.15, -0.1) is 0 Å². The van der Waals surface area contributed by atoms with Crippen molar-refractivity contribution in [3.63, 3.8) is 0 Å². The van der Waals surface area contributed by atoms with Crippen molar-refractivity contribution >= 4 is 23.2 Å². The van der Waals surface area contributed by atoms with Crippen molar-refractivity contribution in [1.82, 2.24) is 0 Å². The Morgan fingerprint density at radius 1 is 0.931 bits per heavy atom. The third kappa shape index (κ3) is 5.37. The molecule has 0 heterocycles. The fraction of sp³-hybridized carbons (Fsp3) is 0.417. The summed E-state index contributed by atoms with van der Waals surface area (Å²) in [5, 5.41) is 6.01. The van der Waals surface area contributed by atoms with Gasteiger partial charge in [0.25, 0.3) is 0 Å². The van der Waals surface area contributed by atoms with E-state index in [4.69, 9.17) is 4.74 Å². The van der Waals surface area contributed by atoms with Crippen molar-refractivity contribution in [3.05, 3.63) is 53.6 Å². The van der Waals surface area contributed by atoms with Crippen LogP contribution in [0.4, 0.5) is 11.4 Å². The van der Waals surface area contributed by atoms with Crippen LogP contribution in [0.2, 0.25) is 0 Å². The first kappa shape index (κ1) is 20.9. The molecule has 0 radical (unpaired) electrons. The monoisotopic (exact) mass is 394 g/mol. The van der Waals surface area contributed by atoms with Gasteiger partial charge in [0.1, 0.15) is 5.75 Å². The molecule has 29 heavy (non-hydrogen) atoms. The summed E-state index contributed by atoms with van der Waals surface area (Å²) < 4.78 is 5.34. The molecular weight excluding hydrogens is 364 g/mol. The van der Waals surface area contributed by atoms with Gasteiger partial charge < -0.3 is 15.4 Å². The van der Waals surface area contributed by atoms with Crippen LogP contribution in [-0.4, -0.2) is 18.9 Å². The van der Waals surface area contributed by atoms with E-state index in [0.29, 0.717) is 24.3 Å². The molecular formula is C24H30N2O3. The molecule has 2 aromatic rings. The highest BCUT2D eigenvalue weighted by atomic mass is 16.5. The van der Waals surface area contributed by atoms with Crippen LogP contribution in [0.1, 0.15) is 43.7 Å². The van der Waals surface area contributed by atoms with Crippen LogP contribution in [0, 0.1) is 18.8 Å². The Morgan fingerprint density at radius 2 is 1.52 bits per heavy atom. The van der Waals surface area contributed by atoms with Gasteiger partial charge in [-0.3, -0.25) is 9.59 Å². The smallest absolute Gasteiger partial charge is 0.227 e. The molecule has 0 aliphatic heterocycles. The molecule has 0 spiro atoms. The van der Waals surface area contributed by atoms with Crippen LogP contribution in [-0.2, 0) is 16.0 Å². The van der Waals surface area contributed by atoms with Gasteiger partial charge in [-0.25, -0.2) is 0 Å². The maximum Gasteiger partial charge on any atom is 0.227 e. The first-order chi connectivity index (χ1) is 14.0. The summed E-state index contributed by atoms with van der Waals surface area (Å²) in [5.41, 5.74) is 3.85. The molecule has 2 aromatic carbocycles. The van der Waals surface area contributed by atoms with E-state index in [9.17, 15) is 9.59 Å². The lowest BCUT2D eigenvalue weighted by atomic mass is 9.81. The molecule has 1 aliphatic rings. The van der Waals surface area contributed by atoms with E-state index in [1.807, 2.05) is 49.4 Å². The normalized spacial score (nSPS) is 18.7.